The Morgan fingerprint density at radius 3 is 2.88 bits per heavy atom. The van der Waals surface area contributed by atoms with Crippen molar-refractivity contribution in [1.82, 2.24) is 15.2 Å². The van der Waals surface area contributed by atoms with Gasteiger partial charge in [0.2, 0.25) is 11.8 Å². The predicted molar refractivity (Wildman–Crippen MR) is 88.9 cm³/mol. The fourth-order valence-electron chi connectivity index (χ4n) is 2.74. The molecular weight excluding hydrogens is 350 g/mol. The van der Waals surface area contributed by atoms with Gasteiger partial charge in [0.1, 0.15) is 5.01 Å². The number of aromatic carboxylic acids is 1. The highest BCUT2D eigenvalue weighted by molar-refractivity contribution is 7.10. The zero-order valence-corrected chi connectivity index (χ0v) is 14.4. The average Bonchev–Trinajstić information content (AvgIpc) is 3.26. The summed E-state index contributed by atoms with van der Waals surface area (Å²) in [6.45, 7) is 0.155. The van der Waals surface area contributed by atoms with Gasteiger partial charge in [-0.1, -0.05) is 6.07 Å². The molecule has 0 saturated carbocycles. The molecule has 0 aliphatic carbocycles. The summed E-state index contributed by atoms with van der Waals surface area (Å²) < 4.78 is 0. The monoisotopic (exact) mass is 365 g/mol. The number of carboxylic acid groups (broad SMARTS) is 1. The van der Waals surface area contributed by atoms with Crippen LogP contribution in [0.1, 0.15) is 32.8 Å². The summed E-state index contributed by atoms with van der Waals surface area (Å²) in [5, 5.41) is 15.5. The van der Waals surface area contributed by atoms with Gasteiger partial charge in [0.25, 0.3) is 0 Å². The van der Waals surface area contributed by atoms with Gasteiger partial charge in [0, 0.05) is 23.7 Å². The highest BCUT2D eigenvalue weighted by Gasteiger charge is 2.43. The number of amides is 2. The van der Waals surface area contributed by atoms with Crippen LogP contribution in [0.5, 0.6) is 0 Å². The van der Waals surface area contributed by atoms with Crippen LogP contribution in [0.25, 0.3) is 0 Å². The smallest absolute Gasteiger partial charge is 0.355 e. The van der Waals surface area contributed by atoms with E-state index in [9.17, 15) is 14.4 Å². The summed E-state index contributed by atoms with van der Waals surface area (Å²) >= 11 is 2.70. The van der Waals surface area contributed by atoms with Crippen molar-refractivity contribution in [3.05, 3.63) is 38.5 Å². The molecule has 2 atom stereocenters. The number of nitrogens with zero attached hydrogens (tertiary/aromatic N) is 2. The van der Waals surface area contributed by atoms with Gasteiger partial charge in [-0.2, -0.15) is 0 Å². The Morgan fingerprint density at radius 1 is 1.46 bits per heavy atom. The first-order valence-corrected chi connectivity index (χ1v) is 8.97. The number of rotatable bonds is 5. The maximum atomic E-state index is 12.5. The van der Waals surface area contributed by atoms with Crippen molar-refractivity contribution in [2.75, 3.05) is 7.05 Å². The molecule has 1 aliphatic heterocycles. The molecule has 2 aromatic rings. The Kier molecular flexibility index (Phi) is 4.63. The van der Waals surface area contributed by atoms with Crippen molar-refractivity contribution in [2.24, 2.45) is 5.92 Å². The Bertz CT molecular complexity index is 772. The van der Waals surface area contributed by atoms with Crippen LogP contribution in [0.3, 0.4) is 0 Å². The summed E-state index contributed by atoms with van der Waals surface area (Å²) in [4.78, 5) is 41.9. The van der Waals surface area contributed by atoms with Crippen molar-refractivity contribution in [1.29, 1.82) is 0 Å². The lowest BCUT2D eigenvalue weighted by molar-refractivity contribution is -0.128. The maximum Gasteiger partial charge on any atom is 0.355 e. The number of carbonyl (C=O) groups is 3. The number of likely N-dealkylation sites (tertiary alicyclic amines) is 1. The summed E-state index contributed by atoms with van der Waals surface area (Å²) in [5.74, 6) is -1.83. The summed E-state index contributed by atoms with van der Waals surface area (Å²) in [5.41, 5.74) is -0.0310. The highest BCUT2D eigenvalue weighted by atomic mass is 32.1. The van der Waals surface area contributed by atoms with Gasteiger partial charge >= 0.3 is 5.97 Å². The largest absolute Gasteiger partial charge is 0.476 e. The average molecular weight is 365 g/mol. The molecule has 0 bridgehead atoms. The van der Waals surface area contributed by atoms with E-state index in [1.54, 1.807) is 11.9 Å². The number of nitrogens with one attached hydrogen (secondary N) is 1. The van der Waals surface area contributed by atoms with E-state index in [1.807, 2.05) is 17.5 Å². The molecule has 9 heteroatoms. The summed E-state index contributed by atoms with van der Waals surface area (Å²) in [6.07, 6.45) is 0.170. The van der Waals surface area contributed by atoms with Crippen molar-refractivity contribution in [3.8, 4) is 0 Å². The lowest BCUT2D eigenvalue weighted by Gasteiger charge is -2.23. The number of hydrogen-bond acceptors (Lipinski definition) is 6. The third-order valence-corrected chi connectivity index (χ3v) is 5.73. The number of hydrogen-bond donors (Lipinski definition) is 2. The first-order chi connectivity index (χ1) is 11.5. The van der Waals surface area contributed by atoms with E-state index < -0.39 is 11.9 Å². The Balaban J connectivity index is 1.69. The molecule has 24 heavy (non-hydrogen) atoms. The first kappa shape index (κ1) is 16.6. The Morgan fingerprint density at radius 2 is 2.25 bits per heavy atom. The Hall–Kier alpha value is -2.26. The van der Waals surface area contributed by atoms with Crippen LogP contribution in [-0.4, -0.2) is 39.8 Å². The second kappa shape index (κ2) is 6.70. The van der Waals surface area contributed by atoms with Gasteiger partial charge in [-0.3, -0.25) is 9.59 Å². The second-order valence-corrected chi connectivity index (χ2v) is 7.35. The molecule has 0 spiro atoms. The molecule has 0 aromatic carbocycles. The summed E-state index contributed by atoms with van der Waals surface area (Å²) in [6, 6.07) is 3.56. The number of carboxylic acids is 1. The van der Waals surface area contributed by atoms with E-state index in [1.165, 1.54) is 28.1 Å². The molecule has 3 rings (SSSR count). The molecule has 1 saturated heterocycles. The second-order valence-electron chi connectivity index (χ2n) is 5.42. The zero-order valence-electron chi connectivity index (χ0n) is 12.8. The minimum atomic E-state index is -1.09. The number of thiazole rings is 1. The van der Waals surface area contributed by atoms with Crippen molar-refractivity contribution in [2.45, 2.75) is 19.0 Å². The SMILES string of the molecule is CN1C(=O)C[C@H](C(=O)NCc2nc(C(=O)O)cs2)[C@H]1c1cccs1. The zero-order chi connectivity index (χ0) is 17.3. The normalized spacial score (nSPS) is 20.4. The predicted octanol–water partition coefficient (Wildman–Crippen LogP) is 1.74. The summed E-state index contributed by atoms with van der Waals surface area (Å²) in [7, 11) is 1.71. The van der Waals surface area contributed by atoms with E-state index in [0.717, 1.165) is 4.88 Å². The standard InChI is InChI=1S/C15H15N3O4S2/c1-18-12(19)5-8(13(18)10-3-2-4-23-10)14(20)16-6-11-17-9(7-24-11)15(21)22/h2-4,7-8,13H,5-6H2,1H3,(H,16,20)(H,21,22)/t8-,13-/m0/s1. The molecule has 3 heterocycles. The topological polar surface area (TPSA) is 99.6 Å². The molecule has 1 fully saturated rings. The van der Waals surface area contributed by atoms with Crippen LogP contribution < -0.4 is 5.32 Å². The molecule has 2 N–H and O–H groups in total. The Labute approximate surface area is 145 Å². The molecule has 0 unspecified atom stereocenters. The van der Waals surface area contributed by atoms with Crippen LogP contribution in [0, 0.1) is 5.92 Å². The van der Waals surface area contributed by atoms with Crippen molar-refractivity contribution < 1.29 is 19.5 Å². The van der Waals surface area contributed by atoms with Crippen LogP contribution in [0.2, 0.25) is 0 Å². The number of aromatic nitrogens is 1. The fraction of sp³-hybridized carbons (Fsp3) is 0.333. The van der Waals surface area contributed by atoms with E-state index in [4.69, 9.17) is 5.11 Å². The number of thiophene rings is 1. The third kappa shape index (κ3) is 3.17. The third-order valence-electron chi connectivity index (χ3n) is 3.94. The van der Waals surface area contributed by atoms with E-state index >= 15 is 0 Å². The first-order valence-electron chi connectivity index (χ1n) is 7.22. The van der Waals surface area contributed by atoms with Crippen LogP contribution in [0.15, 0.2) is 22.9 Å². The molecule has 0 radical (unpaired) electrons. The van der Waals surface area contributed by atoms with Crippen molar-refractivity contribution >= 4 is 40.5 Å². The van der Waals surface area contributed by atoms with Gasteiger partial charge in [-0.25, -0.2) is 9.78 Å². The van der Waals surface area contributed by atoms with E-state index in [-0.39, 0.29) is 36.5 Å². The van der Waals surface area contributed by atoms with Crippen LogP contribution >= 0.6 is 22.7 Å². The molecular formula is C15H15N3O4S2. The van der Waals surface area contributed by atoms with Gasteiger partial charge in [-0.15, -0.1) is 22.7 Å². The molecule has 126 valence electrons. The van der Waals surface area contributed by atoms with Gasteiger partial charge in [-0.05, 0) is 11.4 Å². The quantitative estimate of drug-likeness (QED) is 0.841. The number of carbonyl (C=O) groups excluding carboxylic acids is 2. The molecule has 2 amide bonds. The minimum Gasteiger partial charge on any atom is -0.476 e. The van der Waals surface area contributed by atoms with Crippen molar-refractivity contribution in [3.63, 3.8) is 0 Å². The molecule has 2 aromatic heterocycles. The maximum absolute atomic E-state index is 12.5. The molecule has 7 nitrogen and oxygen atoms in total. The van der Waals surface area contributed by atoms with E-state index in [2.05, 4.69) is 10.3 Å². The van der Waals surface area contributed by atoms with Gasteiger partial charge in [0.15, 0.2) is 5.69 Å². The molecule has 1 aliphatic rings. The fourth-order valence-corrected chi connectivity index (χ4v) is 4.38. The highest BCUT2D eigenvalue weighted by Crippen LogP contribution is 2.39. The van der Waals surface area contributed by atoms with Crippen LogP contribution in [-0.2, 0) is 16.1 Å². The van der Waals surface area contributed by atoms with E-state index in [0.29, 0.717) is 5.01 Å². The lowest BCUT2D eigenvalue weighted by atomic mass is 9.98. The van der Waals surface area contributed by atoms with Gasteiger partial charge in [0.05, 0.1) is 18.5 Å². The lowest BCUT2D eigenvalue weighted by Crippen LogP contribution is -2.33. The minimum absolute atomic E-state index is 0.0310. The van der Waals surface area contributed by atoms with Gasteiger partial charge < -0.3 is 15.3 Å². The van der Waals surface area contributed by atoms with Crippen LogP contribution in [0.4, 0.5) is 0 Å².